The van der Waals surface area contributed by atoms with Gasteiger partial charge in [0.2, 0.25) is 0 Å². The Labute approximate surface area is 144 Å². The van der Waals surface area contributed by atoms with Crippen LogP contribution in [0.2, 0.25) is 5.02 Å². The van der Waals surface area contributed by atoms with Crippen LogP contribution in [0, 0.1) is 0 Å². The first kappa shape index (κ1) is 16.6. The molecular formula is C18H17ClN2O3. The zero-order valence-corrected chi connectivity index (χ0v) is 13.7. The molecule has 2 aromatic carbocycles. The zero-order chi connectivity index (χ0) is 16.9. The summed E-state index contributed by atoms with van der Waals surface area (Å²) < 4.78 is 7.03. The number of benzene rings is 2. The largest absolute Gasteiger partial charge is 0.389 e. The van der Waals surface area contributed by atoms with Crippen LogP contribution in [0.3, 0.4) is 0 Å². The quantitative estimate of drug-likeness (QED) is 0.746. The van der Waals surface area contributed by atoms with E-state index < -0.39 is 6.10 Å². The van der Waals surface area contributed by atoms with Gasteiger partial charge in [-0.25, -0.2) is 4.98 Å². The molecule has 0 spiro atoms. The molecule has 1 aromatic heterocycles. The van der Waals surface area contributed by atoms with E-state index in [0.717, 1.165) is 5.56 Å². The van der Waals surface area contributed by atoms with E-state index in [1.165, 1.54) is 10.8 Å². The highest BCUT2D eigenvalue weighted by molar-refractivity contribution is 6.31. The molecule has 1 atom stereocenters. The van der Waals surface area contributed by atoms with Crippen LogP contribution < -0.4 is 5.56 Å². The van der Waals surface area contributed by atoms with Crippen LogP contribution in [-0.2, 0) is 17.9 Å². The topological polar surface area (TPSA) is 64.4 Å². The van der Waals surface area contributed by atoms with Gasteiger partial charge in [0.15, 0.2) is 0 Å². The molecule has 1 N–H and O–H groups in total. The SMILES string of the molecule is O=c1cnc2ccccc2n1C[C@@H](O)COCc1ccccc1Cl. The molecule has 0 saturated carbocycles. The molecule has 6 heteroatoms. The fraction of sp³-hybridized carbons (Fsp3) is 0.222. The van der Waals surface area contributed by atoms with Crippen LogP contribution in [0.1, 0.15) is 5.56 Å². The third kappa shape index (κ3) is 3.82. The number of halogens is 1. The number of hydrogen-bond donors (Lipinski definition) is 1. The monoisotopic (exact) mass is 344 g/mol. The van der Waals surface area contributed by atoms with Crippen LogP contribution in [-0.4, -0.2) is 27.4 Å². The molecule has 0 aliphatic heterocycles. The van der Waals surface area contributed by atoms with E-state index in [2.05, 4.69) is 4.98 Å². The lowest BCUT2D eigenvalue weighted by Crippen LogP contribution is -2.29. The average molecular weight is 345 g/mol. The Bertz CT molecular complexity index is 895. The van der Waals surface area contributed by atoms with E-state index in [-0.39, 0.29) is 18.7 Å². The first-order valence-electron chi connectivity index (χ1n) is 7.59. The number of rotatable bonds is 6. The van der Waals surface area contributed by atoms with Crippen molar-refractivity contribution in [2.24, 2.45) is 0 Å². The predicted molar refractivity (Wildman–Crippen MR) is 93.1 cm³/mol. The second-order valence-electron chi connectivity index (χ2n) is 5.46. The first-order valence-corrected chi connectivity index (χ1v) is 7.97. The smallest absolute Gasteiger partial charge is 0.269 e. The van der Waals surface area contributed by atoms with E-state index in [1.54, 1.807) is 12.1 Å². The maximum atomic E-state index is 12.0. The van der Waals surface area contributed by atoms with Crippen molar-refractivity contribution in [3.63, 3.8) is 0 Å². The number of aliphatic hydroxyl groups is 1. The van der Waals surface area contributed by atoms with Gasteiger partial charge < -0.3 is 14.4 Å². The Morgan fingerprint density at radius 3 is 2.75 bits per heavy atom. The Morgan fingerprint density at radius 2 is 1.92 bits per heavy atom. The summed E-state index contributed by atoms with van der Waals surface area (Å²) in [5.41, 5.74) is 2.01. The summed E-state index contributed by atoms with van der Waals surface area (Å²) in [6.45, 7) is 0.557. The van der Waals surface area contributed by atoms with Crippen LogP contribution in [0.15, 0.2) is 59.5 Å². The van der Waals surface area contributed by atoms with Crippen LogP contribution in [0.4, 0.5) is 0 Å². The number of fused-ring (bicyclic) bond motifs is 1. The van der Waals surface area contributed by atoms with Gasteiger partial charge in [0, 0.05) is 5.02 Å². The Balaban J connectivity index is 1.65. The van der Waals surface area contributed by atoms with Gasteiger partial charge in [-0.2, -0.15) is 0 Å². The molecule has 0 aliphatic rings. The molecule has 0 amide bonds. The number of hydrogen-bond acceptors (Lipinski definition) is 4. The standard InChI is InChI=1S/C18H17ClN2O3/c19-15-6-2-1-5-13(15)11-24-12-14(22)10-21-17-8-4-3-7-16(17)20-9-18(21)23/h1-9,14,22H,10-12H2/t14-/m1/s1. The highest BCUT2D eigenvalue weighted by atomic mass is 35.5. The molecule has 0 unspecified atom stereocenters. The fourth-order valence-electron chi connectivity index (χ4n) is 2.49. The Hall–Kier alpha value is -2.21. The summed E-state index contributed by atoms with van der Waals surface area (Å²) in [5, 5.41) is 10.8. The third-order valence-electron chi connectivity index (χ3n) is 3.67. The van der Waals surface area contributed by atoms with Crippen molar-refractivity contribution < 1.29 is 9.84 Å². The number of nitrogens with zero attached hydrogens (tertiary/aromatic N) is 2. The van der Waals surface area contributed by atoms with Gasteiger partial charge in [0.25, 0.3) is 5.56 Å². The molecule has 24 heavy (non-hydrogen) atoms. The summed E-state index contributed by atoms with van der Waals surface area (Å²) in [4.78, 5) is 16.1. The van der Waals surface area contributed by atoms with Crippen LogP contribution >= 0.6 is 11.6 Å². The summed E-state index contributed by atoms with van der Waals surface area (Å²) >= 11 is 6.06. The normalized spacial score (nSPS) is 12.4. The van der Waals surface area contributed by atoms with E-state index in [1.807, 2.05) is 36.4 Å². The van der Waals surface area contributed by atoms with Gasteiger partial charge in [-0.1, -0.05) is 41.9 Å². The first-order chi connectivity index (χ1) is 11.6. The lowest BCUT2D eigenvalue weighted by Gasteiger charge is -2.15. The Kier molecular flexibility index (Phi) is 5.25. The van der Waals surface area contributed by atoms with Crippen molar-refractivity contribution in [2.75, 3.05) is 6.61 Å². The van der Waals surface area contributed by atoms with Gasteiger partial charge in [-0.15, -0.1) is 0 Å². The molecule has 124 valence electrons. The van der Waals surface area contributed by atoms with Crippen molar-refractivity contribution in [1.82, 2.24) is 9.55 Å². The molecule has 0 fully saturated rings. The van der Waals surface area contributed by atoms with Gasteiger partial charge >= 0.3 is 0 Å². The molecule has 1 heterocycles. The van der Waals surface area contributed by atoms with E-state index in [9.17, 15) is 9.90 Å². The van der Waals surface area contributed by atoms with Crippen molar-refractivity contribution in [1.29, 1.82) is 0 Å². The van der Waals surface area contributed by atoms with Crippen molar-refractivity contribution in [3.05, 3.63) is 75.7 Å². The average Bonchev–Trinajstić information content (AvgIpc) is 2.59. The number of aromatic nitrogens is 2. The minimum Gasteiger partial charge on any atom is -0.389 e. The summed E-state index contributed by atoms with van der Waals surface area (Å²) in [7, 11) is 0. The maximum Gasteiger partial charge on any atom is 0.269 e. The van der Waals surface area contributed by atoms with Gasteiger partial charge in [0.05, 0.1) is 43.1 Å². The highest BCUT2D eigenvalue weighted by Crippen LogP contribution is 2.16. The third-order valence-corrected chi connectivity index (χ3v) is 4.04. The second-order valence-corrected chi connectivity index (χ2v) is 5.86. The molecular weight excluding hydrogens is 328 g/mol. The molecule has 0 bridgehead atoms. The molecule has 3 rings (SSSR count). The van der Waals surface area contributed by atoms with Crippen molar-refractivity contribution >= 4 is 22.6 Å². The lowest BCUT2D eigenvalue weighted by atomic mass is 10.2. The lowest BCUT2D eigenvalue weighted by molar-refractivity contribution is 0.0205. The number of ether oxygens (including phenoxy) is 1. The minimum atomic E-state index is -0.809. The maximum absolute atomic E-state index is 12.0. The highest BCUT2D eigenvalue weighted by Gasteiger charge is 2.10. The van der Waals surface area contributed by atoms with Crippen LogP contribution in [0.25, 0.3) is 11.0 Å². The molecule has 5 nitrogen and oxygen atoms in total. The van der Waals surface area contributed by atoms with Crippen LogP contribution in [0.5, 0.6) is 0 Å². The fourth-order valence-corrected chi connectivity index (χ4v) is 2.68. The molecule has 0 aliphatic carbocycles. The predicted octanol–water partition coefficient (Wildman–Crippen LogP) is 2.63. The zero-order valence-electron chi connectivity index (χ0n) is 12.9. The Morgan fingerprint density at radius 1 is 1.17 bits per heavy atom. The van der Waals surface area contributed by atoms with Crippen molar-refractivity contribution in [3.8, 4) is 0 Å². The van der Waals surface area contributed by atoms with Gasteiger partial charge in [-0.3, -0.25) is 4.79 Å². The van der Waals surface area contributed by atoms with Gasteiger partial charge in [-0.05, 0) is 23.8 Å². The number of aliphatic hydroxyl groups excluding tert-OH is 1. The second kappa shape index (κ2) is 7.57. The van der Waals surface area contributed by atoms with E-state index >= 15 is 0 Å². The van der Waals surface area contributed by atoms with Gasteiger partial charge in [0.1, 0.15) is 0 Å². The minimum absolute atomic E-state index is 0.105. The summed E-state index contributed by atoms with van der Waals surface area (Å²) in [5.74, 6) is 0. The summed E-state index contributed by atoms with van der Waals surface area (Å²) in [6, 6.07) is 14.7. The summed E-state index contributed by atoms with van der Waals surface area (Å²) in [6.07, 6.45) is 0.454. The van der Waals surface area contributed by atoms with Crippen molar-refractivity contribution in [2.45, 2.75) is 19.3 Å². The molecule has 0 radical (unpaired) electrons. The van der Waals surface area contributed by atoms with E-state index in [0.29, 0.717) is 22.7 Å². The number of para-hydroxylation sites is 2. The van der Waals surface area contributed by atoms with E-state index in [4.69, 9.17) is 16.3 Å². The molecule has 3 aromatic rings. The molecule has 0 saturated heterocycles.